The van der Waals surface area contributed by atoms with Crippen molar-refractivity contribution in [1.82, 2.24) is 19.9 Å². The van der Waals surface area contributed by atoms with Gasteiger partial charge in [-0.15, -0.1) is 11.3 Å². The van der Waals surface area contributed by atoms with Gasteiger partial charge in [0.2, 0.25) is 0 Å². The van der Waals surface area contributed by atoms with E-state index in [4.69, 9.17) is 5.26 Å². The molecule has 1 aliphatic rings. The molecule has 1 aliphatic heterocycles. The fraction of sp³-hybridized carbons (Fsp3) is 0.400. The summed E-state index contributed by atoms with van der Waals surface area (Å²) >= 11 is 1.08. The summed E-state index contributed by atoms with van der Waals surface area (Å²) in [5.74, 6) is 1.17. The highest BCUT2D eigenvalue weighted by atomic mass is 32.1. The van der Waals surface area contributed by atoms with Crippen LogP contribution in [0.25, 0.3) is 21.1 Å². The first-order valence-electron chi connectivity index (χ1n) is 11.5. The molecule has 0 spiro atoms. The minimum atomic E-state index is -4.24. The average molecular weight is 499 g/mol. The van der Waals surface area contributed by atoms with Gasteiger partial charge in [-0.2, -0.15) is 18.4 Å². The number of alkyl halides is 3. The maximum absolute atomic E-state index is 12.9. The fourth-order valence-corrected chi connectivity index (χ4v) is 5.87. The molecule has 0 saturated carbocycles. The standard InChI is InChI=1S/C25H25F3N6S/c1-14-16(3-4-22-20(14)9-18(12-29)32-22)13-34-7-5-17(6-8-34)33-23-21-10-19(11-25(26,27)28)35-24(21)31-15(2)30-23/h3-4,9-10,17,32H,5-8,11,13H2,1-2H3,(H,30,31,33). The third-order valence-corrected chi connectivity index (χ3v) is 7.59. The summed E-state index contributed by atoms with van der Waals surface area (Å²) in [4.78, 5) is 15.2. The number of nitrogens with one attached hydrogen (secondary N) is 2. The van der Waals surface area contributed by atoms with E-state index in [2.05, 4.69) is 44.2 Å². The van der Waals surface area contributed by atoms with Crippen molar-refractivity contribution in [3.63, 3.8) is 0 Å². The number of aromatic nitrogens is 3. The zero-order valence-corrected chi connectivity index (χ0v) is 20.3. The van der Waals surface area contributed by atoms with Crippen LogP contribution in [0.2, 0.25) is 0 Å². The number of aromatic amines is 1. The van der Waals surface area contributed by atoms with Gasteiger partial charge in [-0.1, -0.05) is 6.07 Å². The highest BCUT2D eigenvalue weighted by molar-refractivity contribution is 7.18. The van der Waals surface area contributed by atoms with Crippen LogP contribution < -0.4 is 5.32 Å². The summed E-state index contributed by atoms with van der Waals surface area (Å²) in [6.45, 7) is 6.50. The monoisotopic (exact) mass is 498 g/mol. The second-order valence-corrected chi connectivity index (χ2v) is 10.3. The van der Waals surface area contributed by atoms with Gasteiger partial charge in [-0.3, -0.25) is 4.90 Å². The molecule has 0 atom stereocenters. The molecule has 0 radical (unpaired) electrons. The number of halogens is 3. The molecular formula is C25H25F3N6S. The normalized spacial score (nSPS) is 15.7. The number of anilines is 1. The van der Waals surface area contributed by atoms with Gasteiger partial charge < -0.3 is 10.3 Å². The predicted octanol–water partition coefficient (Wildman–Crippen LogP) is 5.84. The molecule has 0 unspecified atom stereocenters. The smallest absolute Gasteiger partial charge is 0.367 e. The molecule has 4 heterocycles. The van der Waals surface area contributed by atoms with Gasteiger partial charge in [0.15, 0.2) is 0 Å². The maximum atomic E-state index is 12.9. The van der Waals surface area contributed by atoms with Gasteiger partial charge in [0, 0.05) is 41.5 Å². The molecule has 6 nitrogen and oxygen atoms in total. The predicted molar refractivity (Wildman–Crippen MR) is 132 cm³/mol. The third kappa shape index (κ3) is 5.11. The molecule has 5 rings (SSSR count). The Labute approximate surface area is 204 Å². The van der Waals surface area contributed by atoms with Crippen molar-refractivity contribution in [3.05, 3.63) is 51.8 Å². The average Bonchev–Trinajstić information content (AvgIpc) is 3.39. The molecule has 1 saturated heterocycles. The fourth-order valence-electron chi connectivity index (χ4n) is 4.77. The van der Waals surface area contributed by atoms with Gasteiger partial charge in [-0.05, 0) is 56.0 Å². The Morgan fingerprint density at radius 1 is 1.17 bits per heavy atom. The van der Waals surface area contributed by atoms with E-state index in [1.165, 1.54) is 11.1 Å². The van der Waals surface area contributed by atoms with E-state index in [-0.39, 0.29) is 10.9 Å². The lowest BCUT2D eigenvalue weighted by Gasteiger charge is -2.33. The van der Waals surface area contributed by atoms with Crippen molar-refractivity contribution in [3.8, 4) is 6.07 Å². The van der Waals surface area contributed by atoms with Crippen molar-refractivity contribution >= 4 is 38.3 Å². The Kier molecular flexibility index (Phi) is 6.15. The van der Waals surface area contributed by atoms with Crippen LogP contribution in [0, 0.1) is 25.2 Å². The number of piperidine rings is 1. The van der Waals surface area contributed by atoms with Crippen molar-refractivity contribution in [1.29, 1.82) is 5.26 Å². The number of hydrogen-bond acceptors (Lipinski definition) is 6. The zero-order valence-electron chi connectivity index (χ0n) is 19.5. The van der Waals surface area contributed by atoms with E-state index in [0.29, 0.717) is 27.6 Å². The summed E-state index contributed by atoms with van der Waals surface area (Å²) in [6, 6.07) is 9.98. The third-order valence-electron chi connectivity index (χ3n) is 6.56. The lowest BCUT2D eigenvalue weighted by atomic mass is 10.0. The van der Waals surface area contributed by atoms with Crippen LogP contribution in [0.3, 0.4) is 0 Å². The number of thiophene rings is 1. The van der Waals surface area contributed by atoms with Gasteiger partial charge in [0.25, 0.3) is 0 Å². The van der Waals surface area contributed by atoms with E-state index >= 15 is 0 Å². The summed E-state index contributed by atoms with van der Waals surface area (Å²) in [7, 11) is 0. The Hall–Kier alpha value is -3.16. The van der Waals surface area contributed by atoms with Crippen molar-refractivity contribution in [2.45, 2.75) is 51.9 Å². The van der Waals surface area contributed by atoms with Crippen LogP contribution >= 0.6 is 11.3 Å². The first kappa shape index (κ1) is 23.6. The molecule has 182 valence electrons. The van der Waals surface area contributed by atoms with Crippen LogP contribution in [0.4, 0.5) is 19.0 Å². The molecule has 2 N–H and O–H groups in total. The number of H-pyrrole nitrogens is 1. The first-order chi connectivity index (χ1) is 16.7. The zero-order chi connectivity index (χ0) is 24.7. The molecule has 3 aromatic heterocycles. The van der Waals surface area contributed by atoms with Crippen LogP contribution in [0.1, 0.15) is 40.4 Å². The largest absolute Gasteiger partial charge is 0.393 e. The Bertz CT molecular complexity index is 1420. The lowest BCUT2D eigenvalue weighted by molar-refractivity contribution is -0.126. The first-order valence-corrected chi connectivity index (χ1v) is 12.3. The maximum Gasteiger partial charge on any atom is 0.393 e. The number of benzene rings is 1. The Balaban J connectivity index is 1.25. The van der Waals surface area contributed by atoms with Crippen molar-refractivity contribution in [2.75, 3.05) is 18.4 Å². The number of rotatable bonds is 5. The summed E-state index contributed by atoms with van der Waals surface area (Å²) < 4.78 is 38.6. The van der Waals surface area contributed by atoms with Crippen LogP contribution in [0.5, 0.6) is 0 Å². The van der Waals surface area contributed by atoms with Gasteiger partial charge >= 0.3 is 6.18 Å². The van der Waals surface area contributed by atoms with Crippen molar-refractivity contribution < 1.29 is 13.2 Å². The quantitative estimate of drug-likeness (QED) is 0.361. The molecular weight excluding hydrogens is 473 g/mol. The van der Waals surface area contributed by atoms with Gasteiger partial charge in [0.05, 0.1) is 11.8 Å². The topological polar surface area (TPSA) is 80.6 Å². The number of hydrogen-bond donors (Lipinski definition) is 2. The highest BCUT2D eigenvalue weighted by Gasteiger charge is 2.29. The van der Waals surface area contributed by atoms with Gasteiger partial charge in [0.1, 0.15) is 28.2 Å². The van der Waals surface area contributed by atoms with Crippen molar-refractivity contribution in [2.24, 2.45) is 0 Å². The number of likely N-dealkylation sites (tertiary alicyclic amines) is 1. The second-order valence-electron chi connectivity index (χ2n) is 9.14. The Morgan fingerprint density at radius 3 is 2.66 bits per heavy atom. The van der Waals surface area contributed by atoms with E-state index in [0.717, 1.165) is 54.7 Å². The number of nitrogens with zero attached hydrogens (tertiary/aromatic N) is 4. The van der Waals surface area contributed by atoms with Crippen LogP contribution in [0.15, 0.2) is 24.3 Å². The molecule has 35 heavy (non-hydrogen) atoms. The van der Waals surface area contributed by atoms with Crippen LogP contribution in [-0.2, 0) is 13.0 Å². The summed E-state index contributed by atoms with van der Waals surface area (Å²) in [5.41, 5.74) is 3.98. The van der Waals surface area contributed by atoms with Crippen LogP contribution in [-0.4, -0.2) is 45.2 Å². The number of fused-ring (bicyclic) bond motifs is 2. The molecule has 1 fully saturated rings. The molecule has 1 aromatic carbocycles. The number of aryl methyl sites for hydroxylation is 2. The van der Waals surface area contributed by atoms with E-state index in [1.807, 2.05) is 12.1 Å². The molecule has 10 heteroatoms. The molecule has 0 amide bonds. The summed E-state index contributed by atoms with van der Waals surface area (Å²) in [5, 5.41) is 14.4. The molecule has 0 aliphatic carbocycles. The summed E-state index contributed by atoms with van der Waals surface area (Å²) in [6.07, 6.45) is -3.37. The van der Waals surface area contributed by atoms with E-state index in [9.17, 15) is 13.2 Å². The number of nitriles is 1. The molecule has 0 bridgehead atoms. The second kappa shape index (κ2) is 9.13. The van der Waals surface area contributed by atoms with E-state index < -0.39 is 12.6 Å². The molecule has 4 aromatic rings. The minimum absolute atomic E-state index is 0.196. The van der Waals surface area contributed by atoms with E-state index in [1.54, 1.807) is 13.0 Å². The lowest BCUT2D eigenvalue weighted by Crippen LogP contribution is -2.39. The minimum Gasteiger partial charge on any atom is -0.367 e. The highest BCUT2D eigenvalue weighted by Crippen LogP contribution is 2.34. The van der Waals surface area contributed by atoms with Gasteiger partial charge in [-0.25, -0.2) is 9.97 Å². The SMILES string of the molecule is Cc1nc(NC2CCN(Cc3ccc4[nH]c(C#N)cc4c3C)CC2)c2cc(CC(F)(F)F)sc2n1. The Morgan fingerprint density at radius 2 is 1.94 bits per heavy atom.